The maximum absolute atomic E-state index is 13.0. The Balaban J connectivity index is 1.14. The fourth-order valence-electron chi connectivity index (χ4n) is 5.81. The van der Waals surface area contributed by atoms with Crippen molar-refractivity contribution in [2.24, 2.45) is 23.7 Å². The van der Waals surface area contributed by atoms with E-state index in [1.54, 1.807) is 12.1 Å². The predicted octanol–water partition coefficient (Wildman–Crippen LogP) is -1.85. The summed E-state index contributed by atoms with van der Waals surface area (Å²) in [6.45, 7) is 2.90. The molecule has 2 bridgehead atoms. The van der Waals surface area contributed by atoms with Gasteiger partial charge in [0.25, 0.3) is 0 Å². The van der Waals surface area contributed by atoms with Crippen LogP contribution in [0.1, 0.15) is 12.0 Å². The average Bonchev–Trinajstić information content (AvgIpc) is 3.51. The van der Waals surface area contributed by atoms with Gasteiger partial charge in [-0.2, -0.15) is 4.31 Å². The number of quaternary nitrogens is 1. The molecule has 1 saturated carbocycles. The van der Waals surface area contributed by atoms with Crippen LogP contribution in [0.5, 0.6) is 0 Å². The zero-order chi connectivity index (χ0) is 24.0. The summed E-state index contributed by atoms with van der Waals surface area (Å²) >= 11 is 0. The first-order chi connectivity index (χ1) is 16.3. The van der Waals surface area contributed by atoms with E-state index in [4.69, 9.17) is 0 Å². The molecule has 2 saturated heterocycles. The summed E-state index contributed by atoms with van der Waals surface area (Å²) in [5.74, 6) is -1.34. The van der Waals surface area contributed by atoms with E-state index in [0.717, 1.165) is 12.5 Å². The summed E-state index contributed by atoms with van der Waals surface area (Å²) in [5, 5.41) is 10.5. The number of carbonyl (C=O) groups is 3. The maximum Gasteiger partial charge on any atom is 0.243 e. The van der Waals surface area contributed by atoms with E-state index in [9.17, 15) is 27.9 Å². The largest absolute Gasteiger partial charge is 0.545 e. The van der Waals surface area contributed by atoms with Crippen molar-refractivity contribution in [3.63, 3.8) is 0 Å². The highest BCUT2D eigenvalue weighted by Gasteiger charge is 2.59. The lowest BCUT2D eigenvalue weighted by molar-refractivity contribution is -0.902. The summed E-state index contributed by atoms with van der Waals surface area (Å²) in [5.41, 5.74) is 0.566. The maximum atomic E-state index is 13.0. The Bertz CT molecular complexity index is 1140. The van der Waals surface area contributed by atoms with E-state index in [2.05, 4.69) is 12.2 Å². The van der Waals surface area contributed by atoms with E-state index < -0.39 is 16.0 Å². The molecule has 5 rings (SSSR count). The standard InChI is InChI=1S/C24H27N3O6S/c28-20(29)8-3-16-1-6-19(7-2-16)34(32,33)26-12-9-25(10-13-26)11-14-27-23(30)21-17-4-5-18(15-17)22(21)24(27)31/h1-8,17-18,21-22H,9-15H2,(H,28,29)/b8-3+/t17-,18-,21-,22+/m0/s1. The van der Waals surface area contributed by atoms with Crippen LogP contribution in [-0.2, 0) is 24.4 Å². The summed E-state index contributed by atoms with van der Waals surface area (Å²) in [6, 6.07) is 6.03. The van der Waals surface area contributed by atoms with E-state index >= 15 is 0 Å². The van der Waals surface area contributed by atoms with Crippen molar-refractivity contribution >= 4 is 33.9 Å². The molecule has 0 spiro atoms. The zero-order valence-corrected chi connectivity index (χ0v) is 19.4. The molecule has 0 aromatic heterocycles. The number of hydrogen-bond acceptors (Lipinski definition) is 6. The molecule has 4 aliphatic rings. The minimum absolute atomic E-state index is 0.0367. The van der Waals surface area contributed by atoms with Gasteiger partial charge >= 0.3 is 0 Å². The van der Waals surface area contributed by atoms with Gasteiger partial charge in [0, 0.05) is 0 Å². The van der Waals surface area contributed by atoms with Crippen molar-refractivity contribution in [1.82, 2.24) is 9.21 Å². The van der Waals surface area contributed by atoms with Crippen LogP contribution in [0.15, 0.2) is 47.4 Å². The van der Waals surface area contributed by atoms with Crippen LogP contribution in [0, 0.1) is 23.7 Å². The summed E-state index contributed by atoms with van der Waals surface area (Å²) in [4.78, 5) is 39.0. The topological polar surface area (TPSA) is 119 Å². The van der Waals surface area contributed by atoms with Crippen molar-refractivity contribution in [2.75, 3.05) is 39.3 Å². The summed E-state index contributed by atoms with van der Waals surface area (Å²) < 4.78 is 27.4. The Kier molecular flexibility index (Phi) is 5.91. The highest BCUT2D eigenvalue weighted by molar-refractivity contribution is 7.89. The van der Waals surface area contributed by atoms with Crippen LogP contribution in [0.25, 0.3) is 6.08 Å². The third-order valence-corrected chi connectivity index (χ3v) is 9.52. The highest BCUT2D eigenvalue weighted by Crippen LogP contribution is 2.52. The second-order valence-electron chi connectivity index (χ2n) is 9.45. The molecule has 1 aromatic carbocycles. The van der Waals surface area contributed by atoms with Crippen LogP contribution >= 0.6 is 0 Å². The highest BCUT2D eigenvalue weighted by atomic mass is 32.2. The van der Waals surface area contributed by atoms with Crippen LogP contribution in [0.2, 0.25) is 0 Å². The zero-order valence-electron chi connectivity index (χ0n) is 18.6. The second-order valence-corrected chi connectivity index (χ2v) is 11.4. The van der Waals surface area contributed by atoms with Gasteiger partial charge in [0.2, 0.25) is 21.8 Å². The summed E-state index contributed by atoms with van der Waals surface area (Å²) in [7, 11) is -3.66. The smallest absolute Gasteiger partial charge is 0.243 e. The monoisotopic (exact) mass is 485 g/mol. The molecule has 10 heteroatoms. The number of amides is 2. The van der Waals surface area contributed by atoms with Crippen LogP contribution in [0.4, 0.5) is 0 Å². The van der Waals surface area contributed by atoms with Crippen LogP contribution < -0.4 is 10.0 Å². The number of carboxylic acid groups (broad SMARTS) is 1. The molecule has 4 atom stereocenters. The number of likely N-dealkylation sites (tertiary alicyclic amines) is 1. The summed E-state index contributed by atoms with van der Waals surface area (Å²) in [6.07, 6.45) is 7.33. The number of nitrogens with zero attached hydrogens (tertiary/aromatic N) is 2. The number of benzene rings is 1. The number of allylic oxidation sites excluding steroid dienone is 2. The Morgan fingerprint density at radius 3 is 2.18 bits per heavy atom. The quantitative estimate of drug-likeness (QED) is 0.275. The third-order valence-electron chi connectivity index (χ3n) is 7.61. The van der Waals surface area contributed by atoms with Gasteiger partial charge in [-0.05, 0) is 42.0 Å². The SMILES string of the molecule is O=C([O-])/C=C/c1ccc(S(=O)(=O)N2CC[NH+](CCN3C(=O)[C@@H]4[C@H](C3=O)[C@H]3C=C[C@H]4C3)CC2)cc1. The van der Waals surface area contributed by atoms with Gasteiger partial charge in [-0.25, -0.2) is 8.42 Å². The average molecular weight is 486 g/mol. The molecule has 34 heavy (non-hydrogen) atoms. The van der Waals surface area contributed by atoms with Gasteiger partial charge in [0.05, 0.1) is 62.0 Å². The molecule has 3 fully saturated rings. The van der Waals surface area contributed by atoms with Crippen molar-refractivity contribution in [1.29, 1.82) is 0 Å². The fourth-order valence-corrected chi connectivity index (χ4v) is 7.25. The lowest BCUT2D eigenvalue weighted by Crippen LogP contribution is -3.15. The van der Waals surface area contributed by atoms with E-state index in [-0.39, 0.29) is 40.4 Å². The van der Waals surface area contributed by atoms with Crippen molar-refractivity contribution in [3.05, 3.63) is 48.1 Å². The Morgan fingerprint density at radius 2 is 1.62 bits per heavy atom. The number of rotatable bonds is 7. The van der Waals surface area contributed by atoms with Crippen molar-refractivity contribution in [3.8, 4) is 0 Å². The van der Waals surface area contributed by atoms with E-state index in [1.165, 1.54) is 32.3 Å². The molecule has 180 valence electrons. The lowest BCUT2D eigenvalue weighted by Gasteiger charge is -2.32. The molecule has 1 aromatic rings. The first-order valence-electron chi connectivity index (χ1n) is 11.6. The normalized spacial score (nSPS) is 29.5. The number of imide groups is 1. The second kappa shape index (κ2) is 8.75. The molecule has 2 aliphatic carbocycles. The molecular weight excluding hydrogens is 458 g/mol. The number of fused-ring (bicyclic) bond motifs is 5. The Hall–Kier alpha value is -2.82. The van der Waals surface area contributed by atoms with Crippen LogP contribution in [-0.4, -0.2) is 74.7 Å². The lowest BCUT2D eigenvalue weighted by atomic mass is 9.85. The van der Waals surface area contributed by atoms with E-state index in [0.29, 0.717) is 44.8 Å². The first-order valence-corrected chi connectivity index (χ1v) is 13.1. The minimum atomic E-state index is -3.66. The number of carboxylic acids is 1. The van der Waals surface area contributed by atoms with Crippen LogP contribution in [0.3, 0.4) is 0 Å². The predicted molar refractivity (Wildman–Crippen MR) is 119 cm³/mol. The third kappa shape index (κ3) is 3.99. The molecule has 2 amide bonds. The molecule has 1 N–H and O–H groups in total. The number of carbonyl (C=O) groups excluding carboxylic acids is 3. The van der Waals surface area contributed by atoms with Crippen molar-refractivity contribution in [2.45, 2.75) is 11.3 Å². The molecule has 2 aliphatic heterocycles. The van der Waals surface area contributed by atoms with Gasteiger partial charge in [-0.3, -0.25) is 14.5 Å². The molecule has 9 nitrogen and oxygen atoms in total. The van der Waals surface area contributed by atoms with Gasteiger partial charge in [-0.1, -0.05) is 30.4 Å². The van der Waals surface area contributed by atoms with Crippen molar-refractivity contribution < 1.29 is 32.8 Å². The van der Waals surface area contributed by atoms with Gasteiger partial charge in [0.15, 0.2) is 0 Å². The molecule has 2 heterocycles. The Morgan fingerprint density at radius 1 is 1.03 bits per heavy atom. The number of sulfonamides is 1. The molecule has 0 unspecified atom stereocenters. The molecular formula is C24H27N3O6S. The van der Waals surface area contributed by atoms with Gasteiger partial charge in [0.1, 0.15) is 0 Å². The number of piperazine rings is 1. The number of nitrogens with one attached hydrogen (secondary N) is 1. The van der Waals surface area contributed by atoms with Gasteiger partial charge < -0.3 is 14.8 Å². The first kappa shape index (κ1) is 22.9. The minimum Gasteiger partial charge on any atom is -0.545 e. The molecule has 0 radical (unpaired) electrons. The van der Waals surface area contributed by atoms with Gasteiger partial charge in [-0.15, -0.1) is 0 Å². The fraction of sp³-hybridized carbons (Fsp3) is 0.458. The Labute approximate surface area is 198 Å². The number of aliphatic carboxylic acids is 1. The van der Waals surface area contributed by atoms with E-state index in [1.807, 2.05) is 0 Å². The number of hydrogen-bond donors (Lipinski definition) is 1.